The zero-order valence-electron chi connectivity index (χ0n) is 9.05. The van der Waals surface area contributed by atoms with Crippen LogP contribution in [0.5, 0.6) is 0 Å². The van der Waals surface area contributed by atoms with Gasteiger partial charge >= 0.3 is 5.97 Å². The number of aromatic carboxylic acids is 1. The van der Waals surface area contributed by atoms with Gasteiger partial charge in [-0.05, 0) is 6.07 Å². The zero-order valence-corrected chi connectivity index (χ0v) is 9.05. The van der Waals surface area contributed by atoms with Crippen LogP contribution >= 0.6 is 0 Å². The van der Waals surface area contributed by atoms with Crippen LogP contribution in [0, 0.1) is 0 Å². The van der Waals surface area contributed by atoms with Crippen molar-refractivity contribution in [3.8, 4) is 0 Å². The lowest BCUT2D eigenvalue weighted by molar-refractivity contribution is 0.0695. The van der Waals surface area contributed by atoms with E-state index in [0.717, 1.165) is 0 Å². The first-order chi connectivity index (χ1) is 7.53. The summed E-state index contributed by atoms with van der Waals surface area (Å²) >= 11 is 0. The van der Waals surface area contributed by atoms with Crippen molar-refractivity contribution >= 4 is 53.0 Å². The predicted molar refractivity (Wildman–Crippen MR) is 71.3 cm³/mol. The predicted octanol–water partition coefficient (Wildman–Crippen LogP) is -1.38. The Bertz CT molecular complexity index is 446. The van der Waals surface area contributed by atoms with E-state index in [0.29, 0.717) is 0 Å². The molecular formula is C9H4B6O2. The van der Waals surface area contributed by atoms with Gasteiger partial charge in [-0.15, -0.1) is 10.2 Å². The lowest BCUT2D eigenvalue weighted by Crippen LogP contribution is -2.32. The van der Waals surface area contributed by atoms with Crippen LogP contribution in [0.15, 0.2) is 18.2 Å². The molecule has 1 rings (SSSR count). The summed E-state index contributed by atoms with van der Waals surface area (Å²) in [6.07, 6.45) is 0. The van der Waals surface area contributed by atoms with Crippen molar-refractivity contribution in [2.24, 2.45) is 0 Å². The first-order valence-corrected chi connectivity index (χ1v) is 4.65. The maximum Gasteiger partial charge on any atom is 0.335 e. The molecule has 0 saturated heterocycles. The highest BCUT2D eigenvalue weighted by Gasteiger charge is 2.23. The fourth-order valence-corrected chi connectivity index (χ4v) is 1.36. The molecule has 0 saturated carbocycles. The minimum atomic E-state index is -1.82. The van der Waals surface area contributed by atoms with Gasteiger partial charge in [0.2, 0.25) is 0 Å². The van der Waals surface area contributed by atoms with E-state index < -0.39 is 16.2 Å². The Hall–Kier alpha value is -0.920. The van der Waals surface area contributed by atoms with E-state index in [1.54, 1.807) is 0 Å². The van der Waals surface area contributed by atoms with Gasteiger partial charge in [0.25, 0.3) is 0 Å². The van der Waals surface area contributed by atoms with E-state index in [1.165, 1.54) is 18.2 Å². The Morgan fingerprint density at radius 1 is 1.00 bits per heavy atom. The normalized spacial score (nSPS) is 12.2. The molecule has 70 valence electrons. The third-order valence-electron chi connectivity index (χ3n) is 2.22. The van der Waals surface area contributed by atoms with Gasteiger partial charge in [-0.25, -0.2) is 4.79 Å². The molecule has 0 aliphatic rings. The largest absolute Gasteiger partial charge is 0.478 e. The number of hydrogen-bond donors (Lipinski definition) is 1. The van der Waals surface area contributed by atoms with Crippen molar-refractivity contribution in [1.29, 1.82) is 0 Å². The number of benzene rings is 1. The third-order valence-corrected chi connectivity index (χ3v) is 2.22. The number of hydrogen-bond acceptors (Lipinski definition) is 1. The van der Waals surface area contributed by atoms with E-state index in [2.05, 4.69) is 0 Å². The fraction of sp³-hybridized carbons (Fsp3) is 0.222. The van der Waals surface area contributed by atoms with E-state index in [9.17, 15) is 4.79 Å². The molecule has 12 radical (unpaired) electrons. The molecule has 2 nitrogen and oxygen atoms in total. The quantitative estimate of drug-likeness (QED) is 0.622. The van der Waals surface area contributed by atoms with Crippen molar-refractivity contribution in [2.45, 2.75) is 10.2 Å². The lowest BCUT2D eigenvalue weighted by Gasteiger charge is -2.27. The van der Waals surface area contributed by atoms with Crippen LogP contribution in [0.3, 0.4) is 0 Å². The van der Waals surface area contributed by atoms with Crippen molar-refractivity contribution in [1.82, 2.24) is 0 Å². The molecule has 0 heterocycles. The highest BCUT2D eigenvalue weighted by Crippen LogP contribution is 2.24. The summed E-state index contributed by atoms with van der Waals surface area (Å²) < 4.78 is 0. The molecule has 17 heavy (non-hydrogen) atoms. The monoisotopic (exact) mass is 210 g/mol. The van der Waals surface area contributed by atoms with Crippen LogP contribution in [0.4, 0.5) is 0 Å². The molecule has 1 N–H and O–H groups in total. The van der Waals surface area contributed by atoms with E-state index in [-0.39, 0.29) is 16.7 Å². The van der Waals surface area contributed by atoms with Crippen LogP contribution in [-0.2, 0) is 10.2 Å². The van der Waals surface area contributed by atoms with Crippen molar-refractivity contribution in [3.05, 3.63) is 34.9 Å². The second kappa shape index (κ2) is 4.40. The molecule has 0 aliphatic heterocycles. The second-order valence-electron chi connectivity index (χ2n) is 3.93. The molecule has 0 aromatic heterocycles. The molecule has 0 aliphatic carbocycles. The zero-order chi connectivity index (χ0) is 13.4. The summed E-state index contributed by atoms with van der Waals surface area (Å²) in [6.45, 7) is 0. The topological polar surface area (TPSA) is 37.3 Å². The minimum absolute atomic E-state index is 0.00627. The Balaban J connectivity index is 3.46. The van der Waals surface area contributed by atoms with Crippen LogP contribution in [0.25, 0.3) is 0 Å². The maximum atomic E-state index is 11.0. The smallest absolute Gasteiger partial charge is 0.335 e. The number of rotatable bonds is 3. The van der Waals surface area contributed by atoms with E-state index >= 15 is 0 Å². The Kier molecular flexibility index (Phi) is 3.66. The second-order valence-corrected chi connectivity index (χ2v) is 3.93. The minimum Gasteiger partial charge on any atom is -0.478 e. The van der Waals surface area contributed by atoms with Gasteiger partial charge in [0.15, 0.2) is 0 Å². The first-order valence-electron chi connectivity index (χ1n) is 4.65. The van der Waals surface area contributed by atoms with Crippen molar-refractivity contribution in [3.63, 3.8) is 0 Å². The number of carboxylic acid groups (broad SMARTS) is 1. The molecule has 0 bridgehead atoms. The number of carbonyl (C=O) groups is 1. The average molecular weight is 209 g/mol. The lowest BCUT2D eigenvalue weighted by atomic mass is 9.37. The molecular weight excluding hydrogens is 205 g/mol. The molecule has 0 unspecified atom stereocenters. The summed E-state index contributed by atoms with van der Waals surface area (Å²) in [7, 11) is 32.9. The fourth-order valence-electron chi connectivity index (χ4n) is 1.36. The summed E-state index contributed by atoms with van der Waals surface area (Å²) in [6, 6.07) is 3.90. The van der Waals surface area contributed by atoms with Gasteiger partial charge in [0.05, 0.1) is 52.6 Å². The molecule has 0 fully saturated rings. The Morgan fingerprint density at radius 3 is 1.88 bits per heavy atom. The Morgan fingerprint density at radius 2 is 1.53 bits per heavy atom. The van der Waals surface area contributed by atoms with Crippen LogP contribution in [0.2, 0.25) is 0 Å². The van der Waals surface area contributed by atoms with E-state index in [1.807, 2.05) is 0 Å². The molecule has 1 aromatic carbocycles. The van der Waals surface area contributed by atoms with Crippen molar-refractivity contribution in [2.75, 3.05) is 0 Å². The first kappa shape index (κ1) is 14.1. The molecule has 0 amide bonds. The molecule has 1 aromatic rings. The number of carboxylic acids is 1. The van der Waals surface area contributed by atoms with Gasteiger partial charge in [0, 0.05) is 0 Å². The average Bonchev–Trinajstić information content (AvgIpc) is 2.14. The Labute approximate surface area is 108 Å². The summed E-state index contributed by atoms with van der Waals surface area (Å²) in [5.74, 6) is -1.21. The van der Waals surface area contributed by atoms with Gasteiger partial charge < -0.3 is 5.11 Å². The van der Waals surface area contributed by atoms with Gasteiger partial charge in [-0.1, -0.05) is 23.3 Å². The van der Waals surface area contributed by atoms with Crippen LogP contribution in [0.1, 0.15) is 21.5 Å². The van der Waals surface area contributed by atoms with Crippen LogP contribution in [-0.4, -0.2) is 58.2 Å². The maximum absolute atomic E-state index is 11.0. The van der Waals surface area contributed by atoms with E-state index in [4.69, 9.17) is 52.2 Å². The summed E-state index contributed by atoms with van der Waals surface area (Å²) in [5, 5.41) is 5.51. The van der Waals surface area contributed by atoms with Crippen molar-refractivity contribution < 1.29 is 9.90 Å². The third kappa shape index (κ3) is 3.27. The van der Waals surface area contributed by atoms with Crippen LogP contribution < -0.4 is 0 Å². The van der Waals surface area contributed by atoms with Gasteiger partial charge in [-0.2, -0.15) is 0 Å². The standard InChI is InChI=1S/C9H4B6O2/c10-8(11,12)4-1-2-5(7(16)17)6(3-4)9(13,14)15/h1-3H,(H,16,17). The summed E-state index contributed by atoms with van der Waals surface area (Å²) in [4.78, 5) is 11.0. The highest BCUT2D eigenvalue weighted by atomic mass is 16.4. The van der Waals surface area contributed by atoms with Gasteiger partial charge in [0.1, 0.15) is 0 Å². The molecule has 0 atom stereocenters. The SMILES string of the molecule is [B]C([B])([B])c1ccc(C(=O)O)c(C([B])([B])[B])c1. The van der Waals surface area contributed by atoms with Gasteiger partial charge in [-0.3, -0.25) is 0 Å². The summed E-state index contributed by atoms with van der Waals surface area (Å²) in [5.41, 5.74) is 0.127. The highest BCUT2D eigenvalue weighted by molar-refractivity contribution is 6.60. The molecule has 8 heteroatoms. The molecule has 0 spiro atoms.